The standard InChI is InChI=1S/C16H19NO2S/c18-16(19)11-4-3-5-13(8-11)17-9-12-10-20-15-7-2-1-6-14(12)15/h1-2,6-7,10-11,13,17H,3-5,8-9H2,(H,18,19). The molecule has 1 aliphatic carbocycles. The van der Waals surface area contributed by atoms with Crippen LogP contribution in [-0.4, -0.2) is 17.1 Å². The molecule has 0 amide bonds. The Hall–Kier alpha value is -1.39. The molecule has 0 spiro atoms. The number of hydrogen-bond donors (Lipinski definition) is 2. The number of hydrogen-bond acceptors (Lipinski definition) is 3. The first-order chi connectivity index (χ1) is 9.74. The van der Waals surface area contributed by atoms with Crippen molar-refractivity contribution in [1.29, 1.82) is 0 Å². The van der Waals surface area contributed by atoms with Crippen molar-refractivity contribution < 1.29 is 9.90 Å². The fraction of sp³-hybridized carbons (Fsp3) is 0.438. The predicted molar refractivity (Wildman–Crippen MR) is 82.0 cm³/mol. The van der Waals surface area contributed by atoms with E-state index < -0.39 is 5.97 Å². The fourth-order valence-electron chi connectivity index (χ4n) is 3.02. The van der Waals surface area contributed by atoms with Gasteiger partial charge in [-0.3, -0.25) is 4.79 Å². The van der Waals surface area contributed by atoms with Crippen LogP contribution in [0.15, 0.2) is 29.6 Å². The summed E-state index contributed by atoms with van der Waals surface area (Å²) in [5, 5.41) is 16.2. The molecule has 2 N–H and O–H groups in total. The van der Waals surface area contributed by atoms with E-state index in [1.165, 1.54) is 15.6 Å². The zero-order chi connectivity index (χ0) is 13.9. The Morgan fingerprint density at radius 3 is 3.05 bits per heavy atom. The highest BCUT2D eigenvalue weighted by atomic mass is 32.1. The predicted octanol–water partition coefficient (Wildman–Crippen LogP) is 3.63. The zero-order valence-corrected chi connectivity index (χ0v) is 12.2. The van der Waals surface area contributed by atoms with Gasteiger partial charge in [-0.2, -0.15) is 0 Å². The van der Waals surface area contributed by atoms with Crippen LogP contribution in [0.3, 0.4) is 0 Å². The molecular formula is C16H19NO2S. The monoisotopic (exact) mass is 289 g/mol. The maximum atomic E-state index is 11.1. The van der Waals surface area contributed by atoms with E-state index in [0.717, 1.165) is 32.2 Å². The van der Waals surface area contributed by atoms with Crippen LogP contribution >= 0.6 is 11.3 Å². The number of carbonyl (C=O) groups is 1. The smallest absolute Gasteiger partial charge is 0.306 e. The highest BCUT2D eigenvalue weighted by Crippen LogP contribution is 2.27. The molecule has 1 aromatic carbocycles. The SMILES string of the molecule is O=C(O)C1CCCC(NCc2csc3ccccc23)C1. The Labute approximate surface area is 122 Å². The van der Waals surface area contributed by atoms with E-state index in [-0.39, 0.29) is 5.92 Å². The van der Waals surface area contributed by atoms with Gasteiger partial charge in [-0.25, -0.2) is 0 Å². The van der Waals surface area contributed by atoms with Gasteiger partial charge in [0.1, 0.15) is 0 Å². The van der Waals surface area contributed by atoms with Crippen LogP contribution in [0.4, 0.5) is 0 Å². The molecule has 2 atom stereocenters. The van der Waals surface area contributed by atoms with Crippen molar-refractivity contribution in [1.82, 2.24) is 5.32 Å². The number of thiophene rings is 1. The number of carboxylic acid groups (broad SMARTS) is 1. The summed E-state index contributed by atoms with van der Waals surface area (Å²) < 4.78 is 1.32. The maximum absolute atomic E-state index is 11.1. The van der Waals surface area contributed by atoms with Gasteiger partial charge in [-0.05, 0) is 41.7 Å². The average molecular weight is 289 g/mol. The number of nitrogens with one attached hydrogen (secondary N) is 1. The van der Waals surface area contributed by atoms with Gasteiger partial charge >= 0.3 is 5.97 Å². The first kappa shape index (κ1) is 13.6. The molecular weight excluding hydrogens is 270 g/mol. The molecule has 2 unspecified atom stereocenters. The first-order valence-electron chi connectivity index (χ1n) is 7.15. The lowest BCUT2D eigenvalue weighted by molar-refractivity contribution is -0.143. The molecule has 1 heterocycles. The number of carboxylic acids is 1. The number of aliphatic carboxylic acids is 1. The normalized spacial score (nSPS) is 23.0. The summed E-state index contributed by atoms with van der Waals surface area (Å²) in [6.45, 7) is 0.834. The molecule has 1 saturated carbocycles. The van der Waals surface area contributed by atoms with Gasteiger partial charge < -0.3 is 10.4 Å². The van der Waals surface area contributed by atoms with E-state index in [4.69, 9.17) is 5.11 Å². The first-order valence-corrected chi connectivity index (χ1v) is 8.03. The van der Waals surface area contributed by atoms with Crippen molar-refractivity contribution in [2.75, 3.05) is 0 Å². The quantitative estimate of drug-likeness (QED) is 0.903. The van der Waals surface area contributed by atoms with Crippen molar-refractivity contribution in [2.24, 2.45) is 5.92 Å². The molecule has 1 aromatic heterocycles. The number of benzene rings is 1. The second-order valence-corrected chi connectivity index (χ2v) is 6.45. The molecule has 3 rings (SSSR count). The van der Waals surface area contributed by atoms with Crippen LogP contribution < -0.4 is 5.32 Å². The highest BCUT2D eigenvalue weighted by molar-refractivity contribution is 7.17. The summed E-state index contributed by atoms with van der Waals surface area (Å²) in [5.41, 5.74) is 1.32. The molecule has 1 fully saturated rings. The summed E-state index contributed by atoms with van der Waals surface area (Å²) in [7, 11) is 0. The van der Waals surface area contributed by atoms with Crippen LogP contribution in [-0.2, 0) is 11.3 Å². The van der Waals surface area contributed by atoms with Crippen LogP contribution in [0, 0.1) is 5.92 Å². The molecule has 1 aliphatic rings. The van der Waals surface area contributed by atoms with Gasteiger partial charge in [0.05, 0.1) is 5.92 Å². The van der Waals surface area contributed by atoms with Crippen molar-refractivity contribution in [3.63, 3.8) is 0 Å². The summed E-state index contributed by atoms with van der Waals surface area (Å²) in [6.07, 6.45) is 3.69. The zero-order valence-electron chi connectivity index (χ0n) is 11.3. The summed E-state index contributed by atoms with van der Waals surface area (Å²) in [4.78, 5) is 11.1. The minimum absolute atomic E-state index is 0.166. The Balaban J connectivity index is 1.63. The fourth-order valence-corrected chi connectivity index (χ4v) is 3.99. The van der Waals surface area contributed by atoms with Crippen molar-refractivity contribution in [3.8, 4) is 0 Å². The lowest BCUT2D eigenvalue weighted by Gasteiger charge is -2.27. The Morgan fingerprint density at radius 1 is 1.35 bits per heavy atom. The summed E-state index contributed by atoms with van der Waals surface area (Å²) in [5.74, 6) is -0.807. The number of fused-ring (bicyclic) bond motifs is 1. The average Bonchev–Trinajstić information content (AvgIpc) is 2.89. The van der Waals surface area contributed by atoms with Gasteiger partial charge in [0.2, 0.25) is 0 Å². The Kier molecular flexibility index (Phi) is 4.03. The van der Waals surface area contributed by atoms with E-state index in [1.807, 2.05) is 0 Å². The third-order valence-corrected chi connectivity index (χ3v) is 5.18. The number of rotatable bonds is 4. The second kappa shape index (κ2) is 5.94. The lowest BCUT2D eigenvalue weighted by atomic mass is 9.86. The summed E-state index contributed by atoms with van der Waals surface area (Å²) in [6, 6.07) is 8.77. The second-order valence-electron chi connectivity index (χ2n) is 5.54. The maximum Gasteiger partial charge on any atom is 0.306 e. The van der Waals surface area contributed by atoms with Gasteiger partial charge in [-0.1, -0.05) is 24.6 Å². The van der Waals surface area contributed by atoms with Gasteiger partial charge in [0.25, 0.3) is 0 Å². The molecule has 0 saturated heterocycles. The highest BCUT2D eigenvalue weighted by Gasteiger charge is 2.26. The molecule has 0 aliphatic heterocycles. The van der Waals surface area contributed by atoms with Crippen molar-refractivity contribution >= 4 is 27.4 Å². The van der Waals surface area contributed by atoms with Gasteiger partial charge in [-0.15, -0.1) is 11.3 Å². The third kappa shape index (κ3) is 2.86. The minimum Gasteiger partial charge on any atom is -0.481 e. The molecule has 4 heteroatoms. The molecule has 0 radical (unpaired) electrons. The molecule has 0 bridgehead atoms. The topological polar surface area (TPSA) is 49.3 Å². The van der Waals surface area contributed by atoms with Gasteiger partial charge in [0, 0.05) is 17.3 Å². The largest absolute Gasteiger partial charge is 0.481 e. The van der Waals surface area contributed by atoms with Crippen LogP contribution in [0.1, 0.15) is 31.2 Å². The molecule has 3 nitrogen and oxygen atoms in total. The van der Waals surface area contributed by atoms with Gasteiger partial charge in [0.15, 0.2) is 0 Å². The van der Waals surface area contributed by atoms with Crippen LogP contribution in [0.25, 0.3) is 10.1 Å². The summed E-state index contributed by atoms with van der Waals surface area (Å²) >= 11 is 1.77. The van der Waals surface area contributed by atoms with E-state index in [2.05, 4.69) is 35.0 Å². The van der Waals surface area contributed by atoms with Crippen molar-refractivity contribution in [2.45, 2.75) is 38.3 Å². The van der Waals surface area contributed by atoms with E-state index in [1.54, 1.807) is 11.3 Å². The van der Waals surface area contributed by atoms with E-state index >= 15 is 0 Å². The van der Waals surface area contributed by atoms with Crippen molar-refractivity contribution in [3.05, 3.63) is 35.2 Å². The molecule has 106 valence electrons. The Bertz CT molecular complexity index is 607. The molecule has 20 heavy (non-hydrogen) atoms. The van der Waals surface area contributed by atoms with Crippen LogP contribution in [0.5, 0.6) is 0 Å². The lowest BCUT2D eigenvalue weighted by Crippen LogP contribution is -2.35. The minimum atomic E-state index is -0.641. The Morgan fingerprint density at radius 2 is 2.20 bits per heavy atom. The van der Waals surface area contributed by atoms with E-state index in [0.29, 0.717) is 6.04 Å². The van der Waals surface area contributed by atoms with Crippen LogP contribution in [0.2, 0.25) is 0 Å². The van der Waals surface area contributed by atoms with E-state index in [9.17, 15) is 4.79 Å². The third-order valence-electron chi connectivity index (χ3n) is 4.17. The molecule has 2 aromatic rings.